The van der Waals surface area contributed by atoms with Gasteiger partial charge in [-0.05, 0) is 48.9 Å². The maximum absolute atomic E-state index is 12.1. The molecular weight excluding hydrogens is 369 g/mol. The van der Waals surface area contributed by atoms with Crippen LogP contribution in [0.15, 0.2) is 52.6 Å². The fourth-order valence-electron chi connectivity index (χ4n) is 2.43. The average molecular weight is 385 g/mol. The second-order valence-electron chi connectivity index (χ2n) is 5.58. The molecule has 3 rings (SSSR count). The summed E-state index contributed by atoms with van der Waals surface area (Å²) >= 11 is 6.05. The number of ketones is 1. The van der Waals surface area contributed by atoms with E-state index in [-0.39, 0.29) is 27.6 Å². The van der Waals surface area contributed by atoms with Crippen molar-refractivity contribution >= 4 is 34.5 Å². The molecule has 2 aromatic rings. The Kier molecular flexibility index (Phi) is 5.59. The van der Waals surface area contributed by atoms with E-state index >= 15 is 0 Å². The van der Waals surface area contributed by atoms with Crippen molar-refractivity contribution in [2.24, 2.45) is 4.99 Å². The number of hydrogen-bond acceptors (Lipinski definition) is 4. The van der Waals surface area contributed by atoms with Gasteiger partial charge in [-0.15, -0.1) is 0 Å². The second-order valence-corrected chi connectivity index (χ2v) is 5.99. The summed E-state index contributed by atoms with van der Waals surface area (Å²) in [6.45, 7) is 2.01. The van der Waals surface area contributed by atoms with E-state index in [1.54, 1.807) is 18.3 Å². The zero-order valence-electron chi connectivity index (χ0n) is 13.5. The van der Waals surface area contributed by atoms with E-state index < -0.39 is 0 Å². The van der Waals surface area contributed by atoms with Gasteiger partial charge >= 0.3 is 0 Å². The number of hydrogen-bond donors (Lipinski definition) is 0. The summed E-state index contributed by atoms with van der Waals surface area (Å²) in [5, 5.41) is 0.137. The molecule has 1 aliphatic rings. The topological polar surface area (TPSA) is 45.6 Å². The van der Waals surface area contributed by atoms with E-state index in [0.717, 1.165) is 16.9 Å². The van der Waals surface area contributed by atoms with Crippen molar-refractivity contribution in [3.8, 4) is 0 Å². The molecule has 1 aromatic heterocycles. The van der Waals surface area contributed by atoms with Gasteiger partial charge < -0.3 is 4.90 Å². The number of fused-ring (bicyclic) bond motifs is 1. The first kappa shape index (κ1) is 18.4. The fourth-order valence-corrected chi connectivity index (χ4v) is 2.63. The van der Waals surface area contributed by atoms with Gasteiger partial charge in [0, 0.05) is 48.3 Å². The number of carbonyl (C=O) groups is 1. The number of aromatic nitrogens is 1. The largest absolute Gasteiger partial charge is 0.378 e. The average Bonchev–Trinajstić information content (AvgIpc) is 2.54. The minimum absolute atomic E-state index is 0. The molecule has 0 amide bonds. The molecule has 0 N–H and O–H groups in total. The molecule has 4 nitrogen and oxygen atoms in total. The molecule has 0 aliphatic heterocycles. The Labute approximate surface area is 156 Å². The molecule has 6 heteroatoms. The first-order valence-electron chi connectivity index (χ1n) is 7.21. The van der Waals surface area contributed by atoms with Crippen LogP contribution < -0.4 is 4.90 Å². The van der Waals surface area contributed by atoms with Crippen molar-refractivity contribution in [3.05, 3.63) is 64.5 Å². The number of benzene rings is 1. The third-order valence-electron chi connectivity index (χ3n) is 3.72. The van der Waals surface area contributed by atoms with Gasteiger partial charge in [0.05, 0.1) is 16.4 Å². The number of aryl methyl sites for hydroxylation is 1. The Bertz CT molecular complexity index is 859. The van der Waals surface area contributed by atoms with Crippen LogP contribution in [0.25, 0.3) is 0 Å². The van der Waals surface area contributed by atoms with Crippen LogP contribution in [0.1, 0.15) is 21.6 Å². The summed E-state index contributed by atoms with van der Waals surface area (Å²) in [5.41, 5.74) is 4.71. The molecule has 125 valence electrons. The zero-order chi connectivity index (χ0) is 16.6. The van der Waals surface area contributed by atoms with Crippen molar-refractivity contribution in [1.29, 1.82) is 0 Å². The van der Waals surface area contributed by atoms with Crippen molar-refractivity contribution < 1.29 is 21.6 Å². The summed E-state index contributed by atoms with van der Waals surface area (Å²) in [6.07, 6.45) is 3.19. The van der Waals surface area contributed by atoms with Crippen molar-refractivity contribution in [1.82, 2.24) is 4.98 Å². The molecule has 1 radical (unpaired) electrons. The fraction of sp³-hybridized carbons (Fsp3) is 0.167. The number of halogens is 1. The molecule has 0 bridgehead atoms. The third-order valence-corrected chi connectivity index (χ3v) is 4.00. The molecule has 0 spiro atoms. The van der Waals surface area contributed by atoms with Crippen molar-refractivity contribution in [2.45, 2.75) is 6.92 Å². The molecular formula is C18H16ClCoN3O. The third kappa shape index (κ3) is 3.43. The maximum Gasteiger partial charge on any atom is 0.223 e. The minimum Gasteiger partial charge on any atom is -0.378 e. The molecule has 0 saturated carbocycles. The molecule has 24 heavy (non-hydrogen) atoms. The predicted molar refractivity (Wildman–Crippen MR) is 94.2 cm³/mol. The van der Waals surface area contributed by atoms with Gasteiger partial charge in [0.1, 0.15) is 5.69 Å². The monoisotopic (exact) mass is 384 g/mol. The summed E-state index contributed by atoms with van der Waals surface area (Å²) in [6, 6.07) is 9.67. The first-order chi connectivity index (χ1) is 11.0. The van der Waals surface area contributed by atoms with Crippen molar-refractivity contribution in [3.63, 3.8) is 0 Å². The Morgan fingerprint density at radius 2 is 1.96 bits per heavy atom. The van der Waals surface area contributed by atoms with Crippen LogP contribution >= 0.6 is 11.6 Å². The number of nitrogens with zero attached hydrogens (tertiary/aromatic N) is 3. The smallest absolute Gasteiger partial charge is 0.223 e. The van der Waals surface area contributed by atoms with E-state index in [1.807, 2.05) is 44.1 Å². The van der Waals surface area contributed by atoms with E-state index in [1.165, 1.54) is 0 Å². The van der Waals surface area contributed by atoms with Gasteiger partial charge in [0.25, 0.3) is 0 Å². The summed E-state index contributed by atoms with van der Waals surface area (Å²) in [5.74, 6) is -0.263. The van der Waals surface area contributed by atoms with E-state index in [9.17, 15) is 4.79 Å². The van der Waals surface area contributed by atoms with Gasteiger partial charge in [0.2, 0.25) is 5.78 Å². The number of pyridine rings is 1. The normalized spacial score (nSPS) is 14.8. The van der Waals surface area contributed by atoms with E-state index in [4.69, 9.17) is 11.6 Å². The second kappa shape index (κ2) is 7.30. The minimum atomic E-state index is -0.263. The molecule has 0 atom stereocenters. The standard InChI is InChI=1S/C18H16ClN3O.Co/c1-11-9-12(22(2)3)6-7-15(11)21-16-10-14(19)18(23)17-13(16)5-4-8-20-17;/h4-10H,1-3H3;. The molecule has 0 saturated heterocycles. The Balaban J connectivity index is 0.00000208. The number of aliphatic imine (C=N–C) groups is 1. The van der Waals surface area contributed by atoms with Crippen LogP contribution in [-0.4, -0.2) is 30.6 Å². The number of carbonyl (C=O) groups excluding carboxylic acids is 1. The van der Waals surface area contributed by atoms with Crippen LogP contribution in [0.4, 0.5) is 11.4 Å². The SMILES string of the molecule is Cc1cc(N(C)C)ccc1N=C1C=C(Cl)C(=O)c2ncccc21.[Co]. The first-order valence-corrected chi connectivity index (χ1v) is 7.59. The van der Waals surface area contributed by atoms with Gasteiger partial charge in [-0.25, -0.2) is 4.99 Å². The van der Waals surface area contributed by atoms with Crippen LogP contribution in [0, 0.1) is 6.92 Å². The molecule has 0 unspecified atom stereocenters. The molecule has 1 aromatic carbocycles. The summed E-state index contributed by atoms with van der Waals surface area (Å²) in [7, 11) is 4.00. The number of Topliss-reactive ketones (excluding diaryl/α,β-unsaturated/α-hetero) is 1. The van der Waals surface area contributed by atoms with E-state index in [0.29, 0.717) is 17.0 Å². The Hall–Kier alpha value is -1.95. The van der Waals surface area contributed by atoms with Crippen molar-refractivity contribution in [2.75, 3.05) is 19.0 Å². The number of rotatable bonds is 2. The summed E-state index contributed by atoms with van der Waals surface area (Å²) in [4.78, 5) is 22.9. The van der Waals surface area contributed by atoms with Gasteiger partial charge in [-0.3, -0.25) is 9.78 Å². The molecule has 1 heterocycles. The van der Waals surface area contributed by atoms with Crippen LogP contribution in [0.3, 0.4) is 0 Å². The van der Waals surface area contributed by atoms with Gasteiger partial charge in [-0.1, -0.05) is 11.6 Å². The number of allylic oxidation sites excluding steroid dienone is 2. The predicted octanol–water partition coefficient (Wildman–Crippen LogP) is 3.89. The molecule has 0 fully saturated rings. The maximum atomic E-state index is 12.1. The van der Waals surface area contributed by atoms with Gasteiger partial charge in [-0.2, -0.15) is 0 Å². The number of anilines is 1. The van der Waals surface area contributed by atoms with Gasteiger partial charge in [0.15, 0.2) is 0 Å². The van der Waals surface area contributed by atoms with Crippen LogP contribution in [0.2, 0.25) is 0 Å². The molecule has 1 aliphatic carbocycles. The summed E-state index contributed by atoms with van der Waals surface area (Å²) < 4.78 is 0. The quantitative estimate of drug-likeness (QED) is 0.789. The van der Waals surface area contributed by atoms with Crippen LogP contribution in [0.5, 0.6) is 0 Å². The zero-order valence-corrected chi connectivity index (χ0v) is 15.3. The Morgan fingerprint density at radius 3 is 2.62 bits per heavy atom. The van der Waals surface area contributed by atoms with E-state index in [2.05, 4.69) is 16.0 Å². The Morgan fingerprint density at radius 1 is 1.21 bits per heavy atom. The van der Waals surface area contributed by atoms with Crippen LogP contribution in [-0.2, 0) is 16.8 Å².